The Labute approximate surface area is 111 Å². The first kappa shape index (κ1) is 14.5. The van der Waals surface area contributed by atoms with Crippen LogP contribution in [0.5, 0.6) is 0 Å². The fourth-order valence-corrected chi connectivity index (χ4v) is 1.89. The molecule has 0 saturated carbocycles. The van der Waals surface area contributed by atoms with E-state index in [1.54, 1.807) is 0 Å². The third-order valence-electron chi connectivity index (χ3n) is 2.88. The number of nitrogens with zero attached hydrogens (tertiary/aromatic N) is 2. The zero-order valence-corrected chi connectivity index (χ0v) is 10.7. The van der Waals surface area contributed by atoms with Crippen molar-refractivity contribution in [2.45, 2.75) is 19.5 Å². The first-order valence-electron chi connectivity index (χ1n) is 5.73. The van der Waals surface area contributed by atoms with Crippen LogP contribution in [0, 0.1) is 18.6 Å². The van der Waals surface area contributed by atoms with Gasteiger partial charge in [-0.2, -0.15) is 5.10 Å². The molecule has 0 amide bonds. The topological polar surface area (TPSA) is 17.8 Å². The molecule has 1 unspecified atom stereocenters. The monoisotopic (exact) mass is 290 g/mol. The van der Waals surface area contributed by atoms with Crippen molar-refractivity contribution in [2.75, 3.05) is 0 Å². The Morgan fingerprint density at radius 2 is 1.70 bits per heavy atom. The molecule has 2 aromatic rings. The molecule has 0 bridgehead atoms. The van der Waals surface area contributed by atoms with Crippen LogP contribution in [-0.4, -0.2) is 16.2 Å². The van der Waals surface area contributed by atoms with Gasteiger partial charge >= 0.3 is 0 Å². The quantitative estimate of drug-likeness (QED) is 0.783. The van der Waals surface area contributed by atoms with Crippen LogP contribution >= 0.6 is 0 Å². The average molecular weight is 290 g/mol. The maximum atomic E-state index is 13.9. The molecule has 0 radical (unpaired) electrons. The van der Waals surface area contributed by atoms with Gasteiger partial charge in [0, 0.05) is 24.4 Å². The Hall–Kier alpha value is -1.92. The number of halogens is 5. The summed E-state index contributed by atoms with van der Waals surface area (Å²) < 4.78 is 66.9. The van der Waals surface area contributed by atoms with Crippen molar-refractivity contribution < 1.29 is 22.0 Å². The van der Waals surface area contributed by atoms with Gasteiger partial charge in [-0.3, -0.25) is 4.68 Å². The van der Waals surface area contributed by atoms with Crippen LogP contribution in [0.25, 0.3) is 11.1 Å². The van der Waals surface area contributed by atoms with Gasteiger partial charge in [-0.15, -0.1) is 0 Å². The summed E-state index contributed by atoms with van der Waals surface area (Å²) in [6.07, 6.45) is -4.77. The lowest BCUT2D eigenvalue weighted by Crippen LogP contribution is -2.06. The van der Waals surface area contributed by atoms with E-state index in [4.69, 9.17) is 0 Å². The van der Waals surface area contributed by atoms with Crippen molar-refractivity contribution in [1.82, 2.24) is 9.78 Å². The van der Waals surface area contributed by atoms with E-state index in [1.165, 1.54) is 20.2 Å². The van der Waals surface area contributed by atoms with Crippen molar-refractivity contribution in [3.63, 3.8) is 0 Å². The second-order valence-corrected chi connectivity index (χ2v) is 4.42. The maximum Gasteiger partial charge on any atom is 0.275 e. The molecular weight excluding hydrogens is 279 g/mol. The number of aromatic nitrogens is 2. The molecule has 2 nitrogen and oxygen atoms in total. The van der Waals surface area contributed by atoms with Gasteiger partial charge < -0.3 is 0 Å². The number of benzene rings is 1. The average Bonchev–Trinajstić information content (AvgIpc) is 2.74. The fourth-order valence-electron chi connectivity index (χ4n) is 1.89. The minimum absolute atomic E-state index is 0.0716. The smallest absolute Gasteiger partial charge is 0.275 e. The molecule has 1 heterocycles. The summed E-state index contributed by atoms with van der Waals surface area (Å²) in [4.78, 5) is 0. The molecule has 1 aromatic carbocycles. The van der Waals surface area contributed by atoms with Crippen molar-refractivity contribution in [3.05, 3.63) is 41.2 Å². The van der Waals surface area contributed by atoms with E-state index in [-0.39, 0.29) is 16.7 Å². The highest BCUT2D eigenvalue weighted by atomic mass is 19.3. The van der Waals surface area contributed by atoms with Gasteiger partial charge in [0.05, 0.1) is 0 Å². The van der Waals surface area contributed by atoms with Crippen molar-refractivity contribution in [3.8, 4) is 11.1 Å². The van der Waals surface area contributed by atoms with Crippen LogP contribution in [0.15, 0.2) is 18.3 Å². The molecule has 20 heavy (non-hydrogen) atoms. The van der Waals surface area contributed by atoms with Crippen molar-refractivity contribution in [1.29, 1.82) is 0 Å². The molecule has 2 rings (SSSR count). The minimum Gasteiger partial charge on any atom is -0.275 e. The van der Waals surface area contributed by atoms with Gasteiger partial charge in [-0.05, 0) is 24.6 Å². The first-order chi connectivity index (χ1) is 9.31. The Morgan fingerprint density at radius 1 is 1.05 bits per heavy atom. The van der Waals surface area contributed by atoms with Crippen LogP contribution in [-0.2, 0) is 7.05 Å². The minimum atomic E-state index is -3.29. The summed E-state index contributed by atoms with van der Waals surface area (Å²) in [5.74, 6) is -1.52. The summed E-state index contributed by atoms with van der Waals surface area (Å²) in [7, 11) is 1.38. The molecule has 0 aliphatic rings. The van der Waals surface area contributed by atoms with Gasteiger partial charge in [-0.1, -0.05) is 0 Å². The molecule has 0 saturated heterocycles. The van der Waals surface area contributed by atoms with Crippen LogP contribution in [0.2, 0.25) is 0 Å². The summed E-state index contributed by atoms with van der Waals surface area (Å²) in [5.41, 5.74) is -1.01. The lowest BCUT2D eigenvalue weighted by atomic mass is 10.0. The second-order valence-electron chi connectivity index (χ2n) is 4.42. The van der Waals surface area contributed by atoms with Crippen LogP contribution in [0.4, 0.5) is 22.0 Å². The third-order valence-corrected chi connectivity index (χ3v) is 2.88. The van der Waals surface area contributed by atoms with E-state index in [2.05, 4.69) is 5.10 Å². The number of alkyl halides is 3. The van der Waals surface area contributed by atoms with E-state index >= 15 is 0 Å². The van der Waals surface area contributed by atoms with Crippen molar-refractivity contribution >= 4 is 0 Å². The van der Waals surface area contributed by atoms with E-state index in [9.17, 15) is 22.0 Å². The molecule has 0 N–H and O–H groups in total. The summed E-state index contributed by atoms with van der Waals surface area (Å²) in [6, 6.07) is 1.78. The highest BCUT2D eigenvalue weighted by Gasteiger charge is 2.29. The predicted octanol–water partition coefficient (Wildman–Crippen LogP) is 3.95. The van der Waals surface area contributed by atoms with Gasteiger partial charge in [0.15, 0.2) is 0 Å². The van der Waals surface area contributed by atoms with E-state index < -0.39 is 29.9 Å². The zero-order valence-electron chi connectivity index (χ0n) is 10.7. The Kier molecular flexibility index (Phi) is 3.78. The SMILES string of the molecule is Cc1cc(F)c(-c2cn(C)nc2C(F)C(F)F)cc1F. The summed E-state index contributed by atoms with van der Waals surface area (Å²) in [5, 5.41) is 3.57. The number of hydrogen-bond donors (Lipinski definition) is 0. The zero-order chi connectivity index (χ0) is 15.0. The summed E-state index contributed by atoms with van der Waals surface area (Å²) >= 11 is 0. The predicted molar refractivity (Wildman–Crippen MR) is 63.2 cm³/mol. The highest BCUT2D eigenvalue weighted by molar-refractivity contribution is 5.67. The van der Waals surface area contributed by atoms with Gasteiger partial charge in [0.2, 0.25) is 6.17 Å². The normalized spacial score (nSPS) is 13.0. The number of rotatable bonds is 3. The fraction of sp³-hybridized carbons (Fsp3) is 0.308. The number of aryl methyl sites for hydroxylation is 2. The molecule has 108 valence electrons. The second kappa shape index (κ2) is 5.22. The lowest BCUT2D eigenvalue weighted by molar-refractivity contribution is 0.0472. The molecule has 0 fully saturated rings. The molecule has 1 aromatic heterocycles. The van der Waals surface area contributed by atoms with E-state index in [0.29, 0.717) is 0 Å². The van der Waals surface area contributed by atoms with Crippen LogP contribution < -0.4 is 0 Å². The number of hydrogen-bond acceptors (Lipinski definition) is 1. The van der Waals surface area contributed by atoms with Gasteiger partial charge in [-0.25, -0.2) is 22.0 Å². The maximum absolute atomic E-state index is 13.9. The third kappa shape index (κ3) is 2.52. The standard InChI is InChI=1S/C13H11F5N2/c1-6-3-10(15)7(4-9(6)14)8-5-20(2)19-12(8)11(16)13(17)18/h3-5,11,13H,1-2H3. The summed E-state index contributed by atoms with van der Waals surface area (Å²) in [6.45, 7) is 1.36. The Bertz CT molecular complexity index is 636. The van der Waals surface area contributed by atoms with Crippen molar-refractivity contribution in [2.24, 2.45) is 7.05 Å². The first-order valence-corrected chi connectivity index (χ1v) is 5.73. The van der Waals surface area contributed by atoms with Crippen LogP contribution in [0.1, 0.15) is 17.4 Å². The van der Waals surface area contributed by atoms with Crippen LogP contribution in [0.3, 0.4) is 0 Å². The van der Waals surface area contributed by atoms with E-state index in [1.807, 2.05) is 0 Å². The molecule has 7 heteroatoms. The molecular formula is C13H11F5N2. The lowest BCUT2D eigenvalue weighted by Gasteiger charge is -2.08. The highest BCUT2D eigenvalue weighted by Crippen LogP contribution is 2.34. The Balaban J connectivity index is 2.61. The molecule has 0 aliphatic heterocycles. The Morgan fingerprint density at radius 3 is 2.30 bits per heavy atom. The van der Waals surface area contributed by atoms with E-state index in [0.717, 1.165) is 16.8 Å². The molecule has 0 spiro atoms. The van der Waals surface area contributed by atoms with Gasteiger partial charge in [0.25, 0.3) is 6.43 Å². The molecule has 1 atom stereocenters. The largest absolute Gasteiger partial charge is 0.275 e. The van der Waals surface area contributed by atoms with Gasteiger partial charge in [0.1, 0.15) is 17.3 Å². The molecule has 0 aliphatic carbocycles.